The van der Waals surface area contributed by atoms with Crippen LogP contribution in [-0.2, 0) is 5.41 Å². The van der Waals surface area contributed by atoms with Crippen molar-refractivity contribution < 1.29 is 8.83 Å². The molecule has 12 rings (SSSR count). The molecular formula is C53H35NO2. The van der Waals surface area contributed by atoms with E-state index in [2.05, 4.69) is 158 Å². The summed E-state index contributed by atoms with van der Waals surface area (Å²) in [7, 11) is 0. The SMILES string of the molecule is C=C1c2cc(-c3cccc4c3oc3ccccc34)ccc2N(c2ccc3c(c2)C(C)(C)c2ccccc2-3)c2ccc(-c3cccc4c3oc3ccccc34)cc21. The summed E-state index contributed by atoms with van der Waals surface area (Å²) in [4.78, 5) is 2.43. The van der Waals surface area contributed by atoms with E-state index in [-0.39, 0.29) is 5.41 Å². The monoisotopic (exact) mass is 717 g/mol. The van der Waals surface area contributed by atoms with Crippen LogP contribution in [0.3, 0.4) is 0 Å². The Morgan fingerprint density at radius 3 is 1.54 bits per heavy atom. The highest BCUT2D eigenvalue weighted by atomic mass is 16.3. The maximum atomic E-state index is 6.52. The molecule has 3 heteroatoms. The molecular weight excluding hydrogens is 683 g/mol. The molecule has 0 amide bonds. The first-order valence-corrected chi connectivity index (χ1v) is 19.3. The predicted molar refractivity (Wildman–Crippen MR) is 232 cm³/mol. The summed E-state index contributed by atoms with van der Waals surface area (Å²) in [5.41, 5.74) is 19.6. The molecule has 0 spiro atoms. The molecule has 264 valence electrons. The lowest BCUT2D eigenvalue weighted by Crippen LogP contribution is -2.20. The van der Waals surface area contributed by atoms with E-state index < -0.39 is 0 Å². The van der Waals surface area contributed by atoms with Crippen molar-refractivity contribution >= 4 is 66.5 Å². The van der Waals surface area contributed by atoms with Gasteiger partial charge in [-0.05, 0) is 87.5 Å². The lowest BCUT2D eigenvalue weighted by molar-refractivity contribution is 0.660. The van der Waals surface area contributed by atoms with Gasteiger partial charge in [0, 0.05) is 54.9 Å². The minimum Gasteiger partial charge on any atom is -0.455 e. The molecule has 8 aromatic carbocycles. The standard InChI is InChI=1S/C53H35NO2/c1-31-43-28-32(35-15-10-17-41-39-13-5-8-20-49(39)55-51(35)41)22-26-47(43)54(34-24-25-38-37-12-4-7-19-45(37)53(2,3)46(38)30-34)48-27-23-33(29-44(31)48)36-16-11-18-42-40-14-6-9-21-50(40)56-52(36)42/h4-30H,1H2,2-3H3. The quantitative estimate of drug-likeness (QED) is 0.182. The molecule has 0 atom stereocenters. The van der Waals surface area contributed by atoms with Gasteiger partial charge < -0.3 is 13.7 Å². The third kappa shape index (κ3) is 4.23. The second-order valence-electron chi connectivity index (χ2n) is 15.7. The maximum absolute atomic E-state index is 6.52. The van der Waals surface area contributed by atoms with E-state index in [1.165, 1.54) is 22.3 Å². The highest BCUT2D eigenvalue weighted by Gasteiger charge is 2.37. The smallest absolute Gasteiger partial charge is 0.143 e. The van der Waals surface area contributed by atoms with Crippen LogP contribution < -0.4 is 4.90 Å². The summed E-state index contributed by atoms with van der Waals surface area (Å²) >= 11 is 0. The number of fused-ring (bicyclic) bond motifs is 11. The molecule has 0 unspecified atom stereocenters. The Kier molecular flexibility index (Phi) is 6.27. The molecule has 2 aliphatic rings. The Morgan fingerprint density at radius 1 is 0.429 bits per heavy atom. The fraction of sp³-hybridized carbons (Fsp3) is 0.0566. The van der Waals surface area contributed by atoms with Gasteiger partial charge in [-0.25, -0.2) is 0 Å². The fourth-order valence-corrected chi connectivity index (χ4v) is 9.61. The van der Waals surface area contributed by atoms with Crippen molar-refractivity contribution in [2.24, 2.45) is 0 Å². The molecule has 0 radical (unpaired) electrons. The van der Waals surface area contributed by atoms with Gasteiger partial charge >= 0.3 is 0 Å². The molecule has 3 nitrogen and oxygen atoms in total. The van der Waals surface area contributed by atoms with Gasteiger partial charge in [-0.1, -0.05) is 136 Å². The van der Waals surface area contributed by atoms with Crippen LogP contribution in [0.15, 0.2) is 179 Å². The van der Waals surface area contributed by atoms with Crippen LogP contribution in [0.2, 0.25) is 0 Å². The van der Waals surface area contributed by atoms with Crippen molar-refractivity contribution in [3.63, 3.8) is 0 Å². The lowest BCUT2D eigenvalue weighted by atomic mass is 9.82. The Balaban J connectivity index is 1.07. The first kappa shape index (κ1) is 31.3. The van der Waals surface area contributed by atoms with Crippen molar-refractivity contribution in [1.82, 2.24) is 0 Å². The van der Waals surface area contributed by atoms with Crippen LogP contribution in [0, 0.1) is 0 Å². The molecule has 56 heavy (non-hydrogen) atoms. The van der Waals surface area contributed by atoms with Crippen LogP contribution >= 0.6 is 0 Å². The first-order chi connectivity index (χ1) is 27.4. The summed E-state index contributed by atoms with van der Waals surface area (Å²) in [5.74, 6) is 0. The molecule has 0 saturated heterocycles. The van der Waals surface area contributed by atoms with Crippen molar-refractivity contribution in [2.45, 2.75) is 19.3 Å². The van der Waals surface area contributed by atoms with Gasteiger partial charge in [0.15, 0.2) is 0 Å². The summed E-state index contributed by atoms with van der Waals surface area (Å²) in [6, 6.07) is 58.9. The van der Waals surface area contributed by atoms with E-state index in [1.54, 1.807) is 0 Å². The van der Waals surface area contributed by atoms with Gasteiger partial charge in [-0.3, -0.25) is 0 Å². The number of rotatable bonds is 3. The number of furan rings is 2. The van der Waals surface area contributed by atoms with Gasteiger partial charge in [0.2, 0.25) is 0 Å². The molecule has 0 fully saturated rings. The lowest BCUT2D eigenvalue weighted by Gasteiger charge is -2.36. The summed E-state index contributed by atoms with van der Waals surface area (Å²) in [6.07, 6.45) is 0. The van der Waals surface area contributed by atoms with Crippen molar-refractivity contribution in [3.05, 3.63) is 193 Å². The van der Waals surface area contributed by atoms with Crippen LogP contribution in [-0.4, -0.2) is 0 Å². The molecule has 3 heterocycles. The van der Waals surface area contributed by atoms with Gasteiger partial charge in [-0.2, -0.15) is 0 Å². The molecule has 1 aliphatic carbocycles. The molecule has 10 aromatic rings. The fourth-order valence-electron chi connectivity index (χ4n) is 9.61. The molecule has 0 saturated carbocycles. The Labute approximate surface area is 324 Å². The molecule has 1 aliphatic heterocycles. The number of nitrogens with zero attached hydrogens (tertiary/aromatic N) is 1. The Morgan fingerprint density at radius 2 is 0.929 bits per heavy atom. The van der Waals surface area contributed by atoms with Crippen LogP contribution in [0.5, 0.6) is 0 Å². The van der Waals surface area contributed by atoms with Crippen LogP contribution in [0.1, 0.15) is 36.1 Å². The number of hydrogen-bond acceptors (Lipinski definition) is 3. The summed E-state index contributed by atoms with van der Waals surface area (Å²) in [6.45, 7) is 9.51. The van der Waals surface area contributed by atoms with Gasteiger partial charge in [0.05, 0.1) is 11.4 Å². The van der Waals surface area contributed by atoms with E-state index in [1.807, 2.05) is 24.3 Å². The average Bonchev–Trinajstić information content (AvgIpc) is 3.89. The molecule has 0 N–H and O–H groups in total. The third-order valence-corrected chi connectivity index (χ3v) is 12.4. The second-order valence-corrected chi connectivity index (χ2v) is 15.7. The van der Waals surface area contributed by atoms with E-state index in [9.17, 15) is 0 Å². The number of hydrogen-bond donors (Lipinski definition) is 0. The zero-order valence-corrected chi connectivity index (χ0v) is 31.1. The molecule has 0 bridgehead atoms. The third-order valence-electron chi connectivity index (χ3n) is 12.4. The van der Waals surface area contributed by atoms with Crippen molar-refractivity contribution in [3.8, 4) is 33.4 Å². The highest BCUT2D eigenvalue weighted by molar-refractivity contribution is 6.12. The van der Waals surface area contributed by atoms with E-state index >= 15 is 0 Å². The zero-order valence-electron chi connectivity index (χ0n) is 31.1. The number of anilines is 3. The minimum absolute atomic E-state index is 0.128. The average molecular weight is 718 g/mol. The zero-order chi connectivity index (χ0) is 37.3. The number of para-hydroxylation sites is 4. The van der Waals surface area contributed by atoms with E-state index in [0.29, 0.717) is 0 Å². The Bertz CT molecular complexity index is 3150. The first-order valence-electron chi connectivity index (χ1n) is 19.3. The van der Waals surface area contributed by atoms with Crippen molar-refractivity contribution in [2.75, 3.05) is 4.90 Å². The summed E-state index contributed by atoms with van der Waals surface area (Å²) in [5, 5.41) is 4.49. The van der Waals surface area contributed by atoms with Crippen LogP contribution in [0.25, 0.3) is 82.8 Å². The van der Waals surface area contributed by atoms with Gasteiger partial charge in [0.25, 0.3) is 0 Å². The minimum atomic E-state index is -0.128. The predicted octanol–water partition coefficient (Wildman–Crippen LogP) is 15.0. The highest BCUT2D eigenvalue weighted by Crippen LogP contribution is 2.54. The number of benzene rings is 8. The second kappa shape index (κ2) is 11.2. The largest absolute Gasteiger partial charge is 0.455 e. The summed E-state index contributed by atoms with van der Waals surface area (Å²) < 4.78 is 13.0. The normalized spacial score (nSPS) is 14.0. The maximum Gasteiger partial charge on any atom is 0.143 e. The molecule has 2 aromatic heterocycles. The topological polar surface area (TPSA) is 29.5 Å². The Hall–Kier alpha value is -7.10. The van der Waals surface area contributed by atoms with Crippen molar-refractivity contribution in [1.29, 1.82) is 0 Å². The van der Waals surface area contributed by atoms with Gasteiger partial charge in [0.1, 0.15) is 22.3 Å². The van der Waals surface area contributed by atoms with E-state index in [0.717, 1.165) is 99.9 Å². The van der Waals surface area contributed by atoms with Crippen LogP contribution in [0.4, 0.5) is 17.1 Å². The van der Waals surface area contributed by atoms with E-state index in [4.69, 9.17) is 15.4 Å². The van der Waals surface area contributed by atoms with Gasteiger partial charge in [-0.15, -0.1) is 0 Å².